The number of nitrogens with zero attached hydrogens (tertiary/aromatic N) is 1. The van der Waals surface area contributed by atoms with Gasteiger partial charge in [-0.25, -0.2) is 12.7 Å². The molecule has 28 heavy (non-hydrogen) atoms. The van der Waals surface area contributed by atoms with Gasteiger partial charge < -0.3 is 5.32 Å². The van der Waals surface area contributed by atoms with E-state index in [0.29, 0.717) is 41.5 Å². The van der Waals surface area contributed by atoms with Gasteiger partial charge in [-0.1, -0.05) is 41.4 Å². The van der Waals surface area contributed by atoms with E-state index in [1.165, 1.54) is 4.31 Å². The number of amides is 1. The number of aryl methyl sites for hydroxylation is 1. The molecule has 0 aromatic heterocycles. The van der Waals surface area contributed by atoms with Crippen molar-refractivity contribution in [3.05, 3.63) is 63.6 Å². The van der Waals surface area contributed by atoms with Crippen LogP contribution in [0.25, 0.3) is 0 Å². The number of anilines is 1. The lowest BCUT2D eigenvalue weighted by atomic mass is 9.97. The molecule has 0 aliphatic carbocycles. The Morgan fingerprint density at radius 2 is 1.82 bits per heavy atom. The Labute approximate surface area is 175 Å². The lowest BCUT2D eigenvalue weighted by Gasteiger charge is -2.30. The van der Waals surface area contributed by atoms with Gasteiger partial charge in [0.1, 0.15) is 0 Å². The van der Waals surface area contributed by atoms with E-state index in [1.54, 1.807) is 18.2 Å². The van der Waals surface area contributed by atoms with Gasteiger partial charge in [-0.15, -0.1) is 0 Å². The van der Waals surface area contributed by atoms with Gasteiger partial charge in [0, 0.05) is 24.7 Å². The molecule has 3 rings (SSSR count). The number of rotatable bonds is 5. The van der Waals surface area contributed by atoms with Crippen molar-refractivity contribution in [1.29, 1.82) is 0 Å². The second-order valence-corrected chi connectivity index (χ2v) is 9.82. The summed E-state index contributed by atoms with van der Waals surface area (Å²) < 4.78 is 26.9. The molecule has 1 saturated heterocycles. The minimum Gasteiger partial charge on any atom is -0.326 e. The van der Waals surface area contributed by atoms with E-state index in [4.69, 9.17) is 23.2 Å². The van der Waals surface area contributed by atoms with Crippen molar-refractivity contribution in [1.82, 2.24) is 4.31 Å². The third-order valence-corrected chi connectivity index (χ3v) is 7.43. The fraction of sp³-hybridized carbons (Fsp3) is 0.350. The summed E-state index contributed by atoms with van der Waals surface area (Å²) in [5, 5.41) is 3.65. The normalized spacial score (nSPS) is 16.1. The van der Waals surface area contributed by atoms with E-state index < -0.39 is 10.0 Å². The van der Waals surface area contributed by atoms with Gasteiger partial charge in [-0.2, -0.15) is 0 Å². The highest BCUT2D eigenvalue weighted by atomic mass is 35.5. The standard InChI is InChI=1S/C20H22Cl2N2O3S/c1-14-3-2-4-17(11-14)23-20(25)16-7-9-24(10-8-16)28(26,27)13-15-5-6-18(21)19(22)12-15/h2-6,11-12,16H,7-10,13H2,1H3,(H,23,25). The molecule has 1 aliphatic rings. The van der Waals surface area contributed by atoms with Crippen molar-refractivity contribution in [2.45, 2.75) is 25.5 Å². The van der Waals surface area contributed by atoms with Crippen LogP contribution in [-0.2, 0) is 20.6 Å². The van der Waals surface area contributed by atoms with Gasteiger partial charge in [-0.05, 0) is 55.2 Å². The molecule has 1 N–H and O–H groups in total. The molecular weight excluding hydrogens is 419 g/mol. The van der Waals surface area contributed by atoms with Crippen molar-refractivity contribution < 1.29 is 13.2 Å². The summed E-state index contributed by atoms with van der Waals surface area (Å²) >= 11 is 11.9. The first kappa shape index (κ1) is 21.1. The number of piperidine rings is 1. The summed E-state index contributed by atoms with van der Waals surface area (Å²) in [5.41, 5.74) is 2.43. The minimum atomic E-state index is -3.48. The SMILES string of the molecule is Cc1cccc(NC(=O)C2CCN(S(=O)(=O)Cc3ccc(Cl)c(Cl)c3)CC2)c1. The Balaban J connectivity index is 1.57. The summed E-state index contributed by atoms with van der Waals surface area (Å²) in [6, 6.07) is 12.4. The highest BCUT2D eigenvalue weighted by Gasteiger charge is 2.31. The fourth-order valence-electron chi connectivity index (χ4n) is 3.29. The zero-order chi connectivity index (χ0) is 20.3. The van der Waals surface area contributed by atoms with Crippen LogP contribution in [0.1, 0.15) is 24.0 Å². The Morgan fingerprint density at radius 1 is 1.11 bits per heavy atom. The second-order valence-electron chi connectivity index (χ2n) is 7.04. The maximum absolute atomic E-state index is 12.7. The first-order chi connectivity index (χ1) is 13.2. The van der Waals surface area contributed by atoms with Gasteiger partial charge in [-0.3, -0.25) is 4.79 Å². The number of carbonyl (C=O) groups excluding carboxylic acids is 1. The van der Waals surface area contributed by atoms with Gasteiger partial charge in [0.05, 0.1) is 15.8 Å². The number of hydrogen-bond donors (Lipinski definition) is 1. The number of halogens is 2. The van der Waals surface area contributed by atoms with Crippen molar-refractivity contribution in [2.75, 3.05) is 18.4 Å². The molecule has 0 bridgehead atoms. The van der Waals surface area contributed by atoms with Gasteiger partial charge in [0.2, 0.25) is 15.9 Å². The third kappa shape index (κ3) is 5.26. The number of carbonyl (C=O) groups is 1. The third-order valence-electron chi connectivity index (χ3n) is 4.84. The van der Waals surface area contributed by atoms with E-state index in [2.05, 4.69) is 5.32 Å². The molecule has 1 fully saturated rings. The van der Waals surface area contributed by atoms with Crippen LogP contribution in [-0.4, -0.2) is 31.7 Å². The molecule has 0 unspecified atom stereocenters. The molecule has 5 nitrogen and oxygen atoms in total. The molecule has 1 amide bonds. The monoisotopic (exact) mass is 440 g/mol. The van der Waals surface area contributed by atoms with Crippen LogP contribution in [0, 0.1) is 12.8 Å². The van der Waals surface area contributed by atoms with E-state index >= 15 is 0 Å². The largest absolute Gasteiger partial charge is 0.326 e. The highest BCUT2D eigenvalue weighted by Crippen LogP contribution is 2.26. The van der Waals surface area contributed by atoms with Crippen molar-refractivity contribution >= 4 is 44.8 Å². The van der Waals surface area contributed by atoms with E-state index in [-0.39, 0.29) is 17.6 Å². The maximum Gasteiger partial charge on any atom is 0.227 e. The summed E-state index contributed by atoms with van der Waals surface area (Å²) in [4.78, 5) is 12.5. The molecule has 2 aromatic rings. The topological polar surface area (TPSA) is 66.5 Å². The molecule has 1 aliphatic heterocycles. The van der Waals surface area contributed by atoms with E-state index in [0.717, 1.165) is 11.3 Å². The van der Waals surface area contributed by atoms with Gasteiger partial charge >= 0.3 is 0 Å². The molecule has 2 aromatic carbocycles. The highest BCUT2D eigenvalue weighted by molar-refractivity contribution is 7.88. The van der Waals surface area contributed by atoms with Gasteiger partial charge in [0.15, 0.2) is 0 Å². The predicted octanol–water partition coefficient (Wildman–Crippen LogP) is 4.48. The van der Waals surface area contributed by atoms with Crippen molar-refractivity contribution in [2.24, 2.45) is 5.92 Å². The van der Waals surface area contributed by atoms with Crippen LogP contribution in [0.4, 0.5) is 5.69 Å². The molecule has 150 valence electrons. The molecule has 0 radical (unpaired) electrons. The van der Waals surface area contributed by atoms with Crippen LogP contribution >= 0.6 is 23.2 Å². The molecule has 8 heteroatoms. The lowest BCUT2D eigenvalue weighted by Crippen LogP contribution is -2.41. The Bertz CT molecular complexity index is 971. The molecule has 1 heterocycles. The number of benzene rings is 2. The number of hydrogen-bond acceptors (Lipinski definition) is 3. The molecule has 0 saturated carbocycles. The first-order valence-electron chi connectivity index (χ1n) is 9.04. The number of nitrogens with one attached hydrogen (secondary N) is 1. The number of sulfonamides is 1. The minimum absolute atomic E-state index is 0.0628. The van der Waals surface area contributed by atoms with Crippen molar-refractivity contribution in [3.63, 3.8) is 0 Å². The summed E-state index contributed by atoms with van der Waals surface area (Å²) in [5.74, 6) is -0.395. The maximum atomic E-state index is 12.7. The van der Waals surface area contributed by atoms with Gasteiger partial charge in [0.25, 0.3) is 0 Å². The van der Waals surface area contributed by atoms with Crippen LogP contribution in [0.5, 0.6) is 0 Å². The van der Waals surface area contributed by atoms with Crippen LogP contribution in [0.3, 0.4) is 0 Å². The van der Waals surface area contributed by atoms with Crippen LogP contribution < -0.4 is 5.32 Å². The second kappa shape index (κ2) is 8.82. The van der Waals surface area contributed by atoms with Crippen molar-refractivity contribution in [3.8, 4) is 0 Å². The molecule has 0 atom stereocenters. The molecule has 0 spiro atoms. The van der Waals surface area contributed by atoms with Crippen LogP contribution in [0.2, 0.25) is 10.0 Å². The smallest absolute Gasteiger partial charge is 0.227 e. The average Bonchev–Trinajstić information content (AvgIpc) is 2.65. The average molecular weight is 441 g/mol. The summed E-state index contributed by atoms with van der Waals surface area (Å²) in [6.45, 7) is 2.62. The lowest BCUT2D eigenvalue weighted by molar-refractivity contribution is -0.120. The molecular formula is C20H22Cl2N2O3S. The Morgan fingerprint density at radius 3 is 2.46 bits per heavy atom. The Kier molecular flexibility index (Phi) is 6.65. The fourth-order valence-corrected chi connectivity index (χ4v) is 5.17. The van der Waals surface area contributed by atoms with E-state index in [9.17, 15) is 13.2 Å². The zero-order valence-corrected chi connectivity index (χ0v) is 17.8. The summed E-state index contributed by atoms with van der Waals surface area (Å²) in [6.07, 6.45) is 0.997. The first-order valence-corrected chi connectivity index (χ1v) is 11.4. The summed E-state index contributed by atoms with van der Waals surface area (Å²) in [7, 11) is -3.48. The predicted molar refractivity (Wildman–Crippen MR) is 113 cm³/mol. The van der Waals surface area contributed by atoms with E-state index in [1.807, 2.05) is 31.2 Å². The Hall–Kier alpha value is -1.60. The quantitative estimate of drug-likeness (QED) is 0.744. The van der Waals surface area contributed by atoms with Crippen LogP contribution in [0.15, 0.2) is 42.5 Å². The zero-order valence-electron chi connectivity index (χ0n) is 15.5.